The van der Waals surface area contributed by atoms with E-state index in [1.807, 2.05) is 20.8 Å². The van der Waals surface area contributed by atoms with Gasteiger partial charge in [-0.3, -0.25) is 0 Å². The Morgan fingerprint density at radius 3 is 2.27 bits per heavy atom. The summed E-state index contributed by atoms with van der Waals surface area (Å²) in [6, 6.07) is 0.768. The Kier molecular flexibility index (Phi) is 6.09. The van der Waals surface area contributed by atoms with Crippen LogP contribution in [-0.4, -0.2) is 55.0 Å². The second-order valence-corrected chi connectivity index (χ2v) is 7.62. The van der Waals surface area contributed by atoms with Crippen molar-refractivity contribution in [1.82, 2.24) is 10.2 Å². The van der Waals surface area contributed by atoms with E-state index >= 15 is 0 Å². The van der Waals surface area contributed by atoms with Crippen LogP contribution in [0.25, 0.3) is 0 Å². The van der Waals surface area contributed by atoms with Gasteiger partial charge in [0.25, 0.3) is 0 Å². The predicted octanol–water partition coefficient (Wildman–Crippen LogP) is 2.93. The van der Waals surface area contributed by atoms with Crippen molar-refractivity contribution in [2.75, 3.05) is 20.2 Å². The molecule has 0 aromatic carbocycles. The van der Waals surface area contributed by atoms with Gasteiger partial charge in [0.15, 0.2) is 0 Å². The van der Waals surface area contributed by atoms with Gasteiger partial charge in [-0.25, -0.2) is 4.79 Å². The Morgan fingerprint density at radius 1 is 1.09 bits per heavy atom. The molecule has 22 heavy (non-hydrogen) atoms. The minimum absolute atomic E-state index is 0.0516. The molecule has 0 spiro atoms. The molecule has 2 aliphatic rings. The largest absolute Gasteiger partial charge is 0.444 e. The zero-order chi connectivity index (χ0) is 16.2. The van der Waals surface area contributed by atoms with Crippen molar-refractivity contribution >= 4 is 6.09 Å². The molecule has 1 N–H and O–H groups in total. The van der Waals surface area contributed by atoms with Gasteiger partial charge in [0.05, 0.1) is 18.7 Å². The monoisotopic (exact) mass is 312 g/mol. The maximum atomic E-state index is 12.2. The molecule has 5 heteroatoms. The lowest BCUT2D eigenvalue weighted by molar-refractivity contribution is 0.0252. The fourth-order valence-corrected chi connectivity index (χ4v) is 3.40. The van der Waals surface area contributed by atoms with Crippen LogP contribution >= 0.6 is 0 Å². The molecule has 1 heterocycles. The van der Waals surface area contributed by atoms with Gasteiger partial charge in [0.2, 0.25) is 0 Å². The number of likely N-dealkylation sites (tertiary alicyclic amines) is 1. The maximum absolute atomic E-state index is 12.2. The van der Waals surface area contributed by atoms with Crippen LogP contribution < -0.4 is 5.32 Å². The summed E-state index contributed by atoms with van der Waals surface area (Å²) in [4.78, 5) is 14.0. The fourth-order valence-electron chi connectivity index (χ4n) is 3.40. The molecule has 5 nitrogen and oxygen atoms in total. The van der Waals surface area contributed by atoms with E-state index in [0.29, 0.717) is 19.1 Å². The summed E-state index contributed by atoms with van der Waals surface area (Å²) in [5.74, 6) is 0. The van der Waals surface area contributed by atoms with Crippen molar-refractivity contribution in [3.8, 4) is 0 Å². The summed E-state index contributed by atoms with van der Waals surface area (Å²) in [5.41, 5.74) is -0.452. The van der Waals surface area contributed by atoms with Crippen LogP contribution in [0.4, 0.5) is 4.79 Å². The van der Waals surface area contributed by atoms with Gasteiger partial charge in [-0.15, -0.1) is 0 Å². The van der Waals surface area contributed by atoms with Crippen molar-refractivity contribution in [3.05, 3.63) is 0 Å². The Balaban J connectivity index is 1.89. The van der Waals surface area contributed by atoms with Gasteiger partial charge in [-0.05, 0) is 33.6 Å². The third-order valence-corrected chi connectivity index (χ3v) is 4.53. The van der Waals surface area contributed by atoms with Crippen molar-refractivity contribution < 1.29 is 14.3 Å². The number of hydrogen-bond donors (Lipinski definition) is 1. The minimum atomic E-state index is -0.452. The number of hydrogen-bond acceptors (Lipinski definition) is 4. The quantitative estimate of drug-likeness (QED) is 0.814. The topological polar surface area (TPSA) is 50.8 Å². The molecular formula is C17H32N2O3. The Morgan fingerprint density at radius 2 is 1.73 bits per heavy atom. The lowest BCUT2D eigenvalue weighted by atomic mass is 10.1. The van der Waals surface area contributed by atoms with E-state index in [-0.39, 0.29) is 18.2 Å². The van der Waals surface area contributed by atoms with Crippen molar-refractivity contribution in [2.45, 2.75) is 83.1 Å². The number of nitrogens with one attached hydrogen (secondary N) is 1. The smallest absolute Gasteiger partial charge is 0.410 e. The molecule has 0 bridgehead atoms. The highest BCUT2D eigenvalue weighted by Crippen LogP contribution is 2.22. The number of methoxy groups -OCH3 is 1. The van der Waals surface area contributed by atoms with Crippen LogP contribution in [0.2, 0.25) is 0 Å². The highest BCUT2D eigenvalue weighted by molar-refractivity contribution is 5.68. The van der Waals surface area contributed by atoms with Gasteiger partial charge in [0.1, 0.15) is 5.60 Å². The van der Waals surface area contributed by atoms with E-state index in [4.69, 9.17) is 9.47 Å². The number of carbonyl (C=O) groups is 1. The molecule has 2 rings (SSSR count). The highest BCUT2D eigenvalue weighted by atomic mass is 16.6. The van der Waals surface area contributed by atoms with Gasteiger partial charge >= 0.3 is 6.09 Å². The first-order valence-electron chi connectivity index (χ1n) is 8.66. The molecule has 1 aliphatic heterocycles. The molecule has 1 aliphatic carbocycles. The predicted molar refractivity (Wildman–Crippen MR) is 87.0 cm³/mol. The third kappa shape index (κ3) is 5.13. The second kappa shape index (κ2) is 7.64. The molecule has 1 amide bonds. The van der Waals surface area contributed by atoms with E-state index in [1.54, 1.807) is 12.0 Å². The fraction of sp³-hybridized carbons (Fsp3) is 0.941. The van der Waals surface area contributed by atoms with Crippen molar-refractivity contribution in [1.29, 1.82) is 0 Å². The molecule has 128 valence electrons. The molecular weight excluding hydrogens is 280 g/mol. The first-order chi connectivity index (χ1) is 10.4. The van der Waals surface area contributed by atoms with E-state index < -0.39 is 5.60 Å². The molecule has 0 radical (unpaired) electrons. The number of ether oxygens (including phenoxy) is 2. The molecule has 0 aromatic rings. The average Bonchev–Trinajstić information content (AvgIpc) is 2.65. The molecule has 1 saturated carbocycles. The molecule has 1 saturated heterocycles. The highest BCUT2D eigenvalue weighted by Gasteiger charge is 2.38. The van der Waals surface area contributed by atoms with Gasteiger partial charge in [0, 0.05) is 19.7 Å². The van der Waals surface area contributed by atoms with Crippen LogP contribution in [0, 0.1) is 0 Å². The SMILES string of the molecule is CO[C@H]1CN(C(=O)OC(C)(C)C)CC1NC1CCCCCC1. The summed E-state index contributed by atoms with van der Waals surface area (Å²) in [5, 5.41) is 3.73. The van der Waals surface area contributed by atoms with E-state index in [1.165, 1.54) is 38.5 Å². The summed E-state index contributed by atoms with van der Waals surface area (Å²) >= 11 is 0. The van der Waals surface area contributed by atoms with Gasteiger partial charge in [-0.2, -0.15) is 0 Å². The van der Waals surface area contributed by atoms with Crippen LogP contribution in [0.15, 0.2) is 0 Å². The van der Waals surface area contributed by atoms with Crippen molar-refractivity contribution in [2.24, 2.45) is 0 Å². The van der Waals surface area contributed by atoms with Crippen molar-refractivity contribution in [3.63, 3.8) is 0 Å². The lowest BCUT2D eigenvalue weighted by Gasteiger charge is -2.25. The van der Waals surface area contributed by atoms with Gasteiger partial charge < -0.3 is 19.7 Å². The van der Waals surface area contributed by atoms with Crippen LogP contribution in [0.3, 0.4) is 0 Å². The summed E-state index contributed by atoms with van der Waals surface area (Å²) in [6.07, 6.45) is 7.59. The van der Waals surface area contributed by atoms with Gasteiger partial charge in [-0.1, -0.05) is 25.7 Å². The van der Waals surface area contributed by atoms with Crippen LogP contribution in [-0.2, 0) is 9.47 Å². The number of carbonyl (C=O) groups excluding carboxylic acids is 1. The van der Waals surface area contributed by atoms with E-state index in [0.717, 1.165) is 0 Å². The number of nitrogens with zero attached hydrogens (tertiary/aromatic N) is 1. The Labute approximate surface area is 134 Å². The normalized spacial score (nSPS) is 27.7. The Bertz CT molecular complexity index is 359. The summed E-state index contributed by atoms with van der Waals surface area (Å²) in [6.45, 7) is 6.97. The van der Waals surface area contributed by atoms with E-state index in [2.05, 4.69) is 5.32 Å². The number of amides is 1. The molecule has 2 atom stereocenters. The maximum Gasteiger partial charge on any atom is 0.410 e. The molecule has 2 fully saturated rings. The molecule has 0 aromatic heterocycles. The first-order valence-corrected chi connectivity index (χ1v) is 8.66. The zero-order valence-corrected chi connectivity index (χ0v) is 14.6. The zero-order valence-electron chi connectivity index (χ0n) is 14.6. The van der Waals surface area contributed by atoms with Crippen LogP contribution in [0.5, 0.6) is 0 Å². The summed E-state index contributed by atoms with van der Waals surface area (Å²) < 4.78 is 11.1. The minimum Gasteiger partial charge on any atom is -0.444 e. The molecule has 1 unspecified atom stereocenters. The number of rotatable bonds is 3. The second-order valence-electron chi connectivity index (χ2n) is 7.62. The third-order valence-electron chi connectivity index (χ3n) is 4.53. The van der Waals surface area contributed by atoms with E-state index in [9.17, 15) is 4.79 Å². The average molecular weight is 312 g/mol. The lowest BCUT2D eigenvalue weighted by Crippen LogP contribution is -2.46. The standard InChI is InChI=1S/C17H32N2O3/c1-17(2,3)22-16(20)19-11-14(15(12-19)21-4)18-13-9-7-5-6-8-10-13/h13-15,18H,5-12H2,1-4H3/t14?,15-/m0/s1. The Hall–Kier alpha value is -0.810. The first kappa shape index (κ1) is 17.5. The van der Waals surface area contributed by atoms with Crippen LogP contribution in [0.1, 0.15) is 59.3 Å². The summed E-state index contributed by atoms with van der Waals surface area (Å²) in [7, 11) is 1.73.